The van der Waals surface area contributed by atoms with Crippen LogP contribution in [0.4, 0.5) is 0 Å². The van der Waals surface area contributed by atoms with Gasteiger partial charge < -0.3 is 9.84 Å². The third-order valence-electron chi connectivity index (χ3n) is 3.61. The van der Waals surface area contributed by atoms with Crippen molar-refractivity contribution >= 4 is 0 Å². The molecule has 1 aliphatic rings. The summed E-state index contributed by atoms with van der Waals surface area (Å²) in [6, 6.07) is 1.78. The van der Waals surface area contributed by atoms with E-state index in [0.29, 0.717) is 17.4 Å². The molecule has 0 radical (unpaired) electrons. The number of rotatable bonds is 3. The van der Waals surface area contributed by atoms with Gasteiger partial charge in [0.1, 0.15) is 12.0 Å². The number of nitrogens with one attached hydrogen (secondary N) is 1. The molecule has 6 nitrogen and oxygen atoms in total. The van der Waals surface area contributed by atoms with E-state index < -0.39 is 0 Å². The zero-order chi connectivity index (χ0) is 12.4. The maximum Gasteiger partial charge on any atom is 0.234 e. The Morgan fingerprint density at radius 3 is 3.11 bits per heavy atom. The molecular weight excluding hydrogens is 230 g/mol. The average Bonchev–Trinajstić information content (AvgIpc) is 3.09. The second kappa shape index (κ2) is 4.45. The highest BCUT2D eigenvalue weighted by Gasteiger charge is 2.39. The van der Waals surface area contributed by atoms with Crippen molar-refractivity contribution in [3.8, 4) is 11.5 Å². The highest BCUT2D eigenvalue weighted by atomic mass is 16.5. The Labute approximate surface area is 105 Å². The first-order chi connectivity index (χ1) is 8.84. The molecule has 0 saturated carbocycles. The molecule has 1 unspecified atom stereocenters. The Hall–Kier alpha value is -1.82. The van der Waals surface area contributed by atoms with Crippen LogP contribution in [-0.4, -0.2) is 33.2 Å². The molecule has 1 saturated heterocycles. The summed E-state index contributed by atoms with van der Waals surface area (Å²) in [5, 5.41) is 7.38. The van der Waals surface area contributed by atoms with E-state index in [1.807, 2.05) is 0 Å². The molecule has 6 heteroatoms. The lowest BCUT2D eigenvalue weighted by Gasteiger charge is -2.20. The van der Waals surface area contributed by atoms with E-state index in [0.717, 1.165) is 25.9 Å². The number of nitrogens with zero attached hydrogens (tertiary/aromatic N) is 4. The van der Waals surface area contributed by atoms with Crippen molar-refractivity contribution in [1.29, 1.82) is 0 Å². The van der Waals surface area contributed by atoms with Gasteiger partial charge in [-0.2, -0.15) is 4.98 Å². The maximum absolute atomic E-state index is 5.44. The Kier molecular flexibility index (Phi) is 2.79. The zero-order valence-corrected chi connectivity index (χ0v) is 10.3. The molecule has 0 aliphatic carbocycles. The second-order valence-electron chi connectivity index (χ2n) is 4.58. The fraction of sp³-hybridized carbons (Fsp3) is 0.500. The quantitative estimate of drug-likeness (QED) is 0.874. The molecule has 3 heterocycles. The van der Waals surface area contributed by atoms with E-state index >= 15 is 0 Å². The third-order valence-corrected chi connectivity index (χ3v) is 3.61. The van der Waals surface area contributed by atoms with Crippen molar-refractivity contribution in [2.75, 3.05) is 13.1 Å². The highest BCUT2D eigenvalue weighted by Crippen LogP contribution is 2.33. The molecule has 1 fully saturated rings. The molecule has 94 valence electrons. The SMILES string of the molecule is CCC1(c2nc(-c3ccncn3)no2)CCNC1. The zero-order valence-electron chi connectivity index (χ0n) is 10.3. The van der Waals surface area contributed by atoms with Gasteiger partial charge in [0.2, 0.25) is 11.7 Å². The molecular formula is C12H15N5O. The van der Waals surface area contributed by atoms with Crippen LogP contribution < -0.4 is 5.32 Å². The summed E-state index contributed by atoms with van der Waals surface area (Å²) in [4.78, 5) is 12.5. The Bertz CT molecular complexity index is 518. The van der Waals surface area contributed by atoms with E-state index in [4.69, 9.17) is 4.52 Å². The van der Waals surface area contributed by atoms with E-state index in [-0.39, 0.29) is 5.41 Å². The predicted octanol–water partition coefficient (Wildman–Crippen LogP) is 1.17. The molecule has 1 N–H and O–H groups in total. The average molecular weight is 245 g/mol. The van der Waals surface area contributed by atoms with Gasteiger partial charge in [0.25, 0.3) is 0 Å². The normalized spacial score (nSPS) is 23.4. The van der Waals surface area contributed by atoms with Gasteiger partial charge in [-0.15, -0.1) is 0 Å². The molecule has 1 aliphatic heterocycles. The first-order valence-electron chi connectivity index (χ1n) is 6.15. The Balaban J connectivity index is 1.94. The molecule has 0 amide bonds. The van der Waals surface area contributed by atoms with Crippen LogP contribution in [0.3, 0.4) is 0 Å². The van der Waals surface area contributed by atoms with Gasteiger partial charge in [-0.25, -0.2) is 9.97 Å². The third kappa shape index (κ3) is 1.78. The summed E-state index contributed by atoms with van der Waals surface area (Å²) in [7, 11) is 0. The van der Waals surface area contributed by atoms with E-state index in [1.165, 1.54) is 6.33 Å². The van der Waals surface area contributed by atoms with Gasteiger partial charge in [-0.1, -0.05) is 12.1 Å². The molecule has 1 atom stereocenters. The van der Waals surface area contributed by atoms with E-state index in [2.05, 4.69) is 32.3 Å². The predicted molar refractivity (Wildman–Crippen MR) is 64.8 cm³/mol. The fourth-order valence-corrected chi connectivity index (χ4v) is 2.35. The Morgan fingerprint density at radius 2 is 2.44 bits per heavy atom. The standard InChI is InChI=1S/C12H15N5O/c1-2-12(4-6-13-7-12)11-16-10(17-18-11)9-3-5-14-8-15-9/h3,5,8,13H,2,4,6-7H2,1H3. The van der Waals surface area contributed by atoms with Gasteiger partial charge in [0, 0.05) is 12.7 Å². The van der Waals surface area contributed by atoms with Crippen LogP contribution in [-0.2, 0) is 5.41 Å². The second-order valence-corrected chi connectivity index (χ2v) is 4.58. The van der Waals surface area contributed by atoms with Gasteiger partial charge in [0.15, 0.2) is 0 Å². The van der Waals surface area contributed by atoms with Crippen molar-refractivity contribution in [3.63, 3.8) is 0 Å². The minimum atomic E-state index is -0.0156. The molecule has 0 bridgehead atoms. The highest BCUT2D eigenvalue weighted by molar-refractivity contribution is 5.46. The van der Waals surface area contributed by atoms with Crippen LogP contribution in [0.5, 0.6) is 0 Å². The summed E-state index contributed by atoms with van der Waals surface area (Å²) >= 11 is 0. The van der Waals surface area contributed by atoms with Crippen molar-refractivity contribution in [3.05, 3.63) is 24.5 Å². The smallest absolute Gasteiger partial charge is 0.234 e. The molecule has 3 rings (SSSR count). The summed E-state index contributed by atoms with van der Waals surface area (Å²) in [5.41, 5.74) is 0.676. The monoisotopic (exact) mass is 245 g/mol. The van der Waals surface area contributed by atoms with Crippen LogP contribution in [0.1, 0.15) is 25.7 Å². The maximum atomic E-state index is 5.44. The van der Waals surface area contributed by atoms with Crippen LogP contribution in [0.2, 0.25) is 0 Å². The minimum Gasteiger partial charge on any atom is -0.338 e. The summed E-state index contributed by atoms with van der Waals surface area (Å²) in [5.74, 6) is 1.25. The van der Waals surface area contributed by atoms with Crippen molar-refractivity contribution in [2.45, 2.75) is 25.2 Å². The van der Waals surface area contributed by atoms with Gasteiger partial charge in [0.05, 0.1) is 5.41 Å². The van der Waals surface area contributed by atoms with E-state index in [1.54, 1.807) is 12.3 Å². The number of hydrogen-bond acceptors (Lipinski definition) is 6. The van der Waals surface area contributed by atoms with Gasteiger partial charge in [-0.3, -0.25) is 0 Å². The van der Waals surface area contributed by atoms with Crippen LogP contribution in [0.15, 0.2) is 23.1 Å². The lowest BCUT2D eigenvalue weighted by molar-refractivity contribution is 0.285. The molecule has 2 aromatic rings. The topological polar surface area (TPSA) is 76.7 Å². The van der Waals surface area contributed by atoms with Crippen molar-refractivity contribution < 1.29 is 4.52 Å². The first kappa shape index (κ1) is 11.3. The summed E-state index contributed by atoms with van der Waals surface area (Å²) < 4.78 is 5.44. The lowest BCUT2D eigenvalue weighted by atomic mass is 9.84. The Morgan fingerprint density at radius 1 is 1.50 bits per heavy atom. The van der Waals surface area contributed by atoms with E-state index in [9.17, 15) is 0 Å². The van der Waals surface area contributed by atoms with Gasteiger partial charge in [-0.05, 0) is 25.5 Å². The molecule has 2 aromatic heterocycles. The van der Waals surface area contributed by atoms with Crippen molar-refractivity contribution in [1.82, 2.24) is 25.4 Å². The molecule has 18 heavy (non-hydrogen) atoms. The number of hydrogen-bond donors (Lipinski definition) is 1. The molecule has 0 spiro atoms. The minimum absolute atomic E-state index is 0.0156. The fourth-order valence-electron chi connectivity index (χ4n) is 2.35. The summed E-state index contributed by atoms with van der Waals surface area (Å²) in [6.45, 7) is 4.05. The van der Waals surface area contributed by atoms with Crippen molar-refractivity contribution in [2.24, 2.45) is 0 Å². The summed E-state index contributed by atoms with van der Waals surface area (Å²) in [6.07, 6.45) is 5.18. The largest absolute Gasteiger partial charge is 0.338 e. The molecule has 0 aromatic carbocycles. The number of aromatic nitrogens is 4. The lowest BCUT2D eigenvalue weighted by Crippen LogP contribution is -2.28. The first-order valence-corrected chi connectivity index (χ1v) is 6.15. The van der Waals surface area contributed by atoms with Gasteiger partial charge >= 0.3 is 0 Å². The van der Waals surface area contributed by atoms with Crippen LogP contribution in [0.25, 0.3) is 11.5 Å². The van der Waals surface area contributed by atoms with Crippen LogP contribution in [0, 0.1) is 0 Å². The van der Waals surface area contributed by atoms with Crippen LogP contribution >= 0.6 is 0 Å².